The number of Topliss-reactive ketones (excluding diaryl/α,β-unsaturated/α-hetero) is 1. The molecule has 0 atom stereocenters. The number of hydrogen-bond acceptors (Lipinski definition) is 5. The van der Waals surface area contributed by atoms with E-state index in [2.05, 4.69) is 29.0 Å². The third kappa shape index (κ3) is 5.82. The van der Waals surface area contributed by atoms with Crippen molar-refractivity contribution < 1.29 is 10.0 Å². The van der Waals surface area contributed by atoms with Gasteiger partial charge in [-0.2, -0.15) is 0 Å². The van der Waals surface area contributed by atoms with E-state index in [0.717, 1.165) is 43.0 Å². The van der Waals surface area contributed by atoms with E-state index in [1.54, 1.807) is 26.2 Å². The molecule has 0 bridgehead atoms. The highest BCUT2D eigenvalue weighted by Gasteiger charge is 2.09. The molecule has 0 unspecified atom stereocenters. The second-order valence-electron chi connectivity index (χ2n) is 5.98. The highest BCUT2D eigenvalue weighted by atomic mass is 16.4. The van der Waals surface area contributed by atoms with E-state index < -0.39 is 0 Å². The monoisotopic (exact) mass is 363 g/mol. The maximum absolute atomic E-state index is 11.0. The Kier molecular flexibility index (Phi) is 10.2. The van der Waals surface area contributed by atoms with Crippen molar-refractivity contribution in [2.75, 3.05) is 0 Å². The molecule has 0 amide bonds. The fourth-order valence-corrected chi connectivity index (χ4v) is 2.52. The lowest BCUT2D eigenvalue weighted by atomic mass is 10.3. The van der Waals surface area contributed by atoms with Crippen LogP contribution in [-0.4, -0.2) is 35.8 Å². The predicted molar refractivity (Wildman–Crippen MR) is 105 cm³/mol. The van der Waals surface area contributed by atoms with Crippen molar-refractivity contribution >= 4 is 11.5 Å². The van der Waals surface area contributed by atoms with E-state index in [4.69, 9.17) is 5.21 Å². The largest absolute Gasteiger partial charge is 0.411 e. The summed E-state index contributed by atoms with van der Waals surface area (Å²) in [4.78, 5) is 19.4. The second kappa shape index (κ2) is 11.2. The van der Waals surface area contributed by atoms with Crippen LogP contribution in [0.3, 0.4) is 0 Å². The molecule has 2 aromatic rings. The Morgan fingerprint density at radius 1 is 1.00 bits per heavy atom. The maximum Gasteiger partial charge on any atom is 0.177 e. The van der Waals surface area contributed by atoms with Crippen molar-refractivity contribution in [3.05, 3.63) is 35.4 Å². The molecule has 0 fully saturated rings. The quantitative estimate of drug-likeness (QED) is 0.366. The zero-order valence-electron chi connectivity index (χ0n) is 16.1. The molecule has 7 nitrogen and oxygen atoms in total. The number of aromatic nitrogens is 4. The Balaban J connectivity index is 0.000000464. The Morgan fingerprint density at radius 3 is 1.77 bits per heavy atom. The van der Waals surface area contributed by atoms with Crippen molar-refractivity contribution in [1.29, 1.82) is 0 Å². The Hall–Kier alpha value is -2.44. The predicted octanol–water partition coefficient (Wildman–Crippen LogP) is 3.78. The SMILES string of the molecule is C.CCCc1ncc(C(C)=NO)n1C.CCCc1ncc(C(C)=O)n1C. The lowest BCUT2D eigenvalue weighted by Crippen LogP contribution is -2.06. The number of oxime groups is 1. The third-order valence-corrected chi connectivity index (χ3v) is 4.00. The van der Waals surface area contributed by atoms with Crippen LogP contribution >= 0.6 is 0 Å². The van der Waals surface area contributed by atoms with Crippen LogP contribution in [0.25, 0.3) is 0 Å². The summed E-state index contributed by atoms with van der Waals surface area (Å²) in [6, 6.07) is 0. The number of carbonyl (C=O) groups excluding carboxylic acids is 1. The molecule has 7 heteroatoms. The van der Waals surface area contributed by atoms with Crippen LogP contribution in [-0.2, 0) is 26.9 Å². The van der Waals surface area contributed by atoms with Gasteiger partial charge in [-0.1, -0.05) is 26.4 Å². The first-order valence-corrected chi connectivity index (χ1v) is 8.58. The molecule has 0 aliphatic carbocycles. The van der Waals surface area contributed by atoms with Crippen LogP contribution in [0.4, 0.5) is 0 Å². The first-order chi connectivity index (χ1) is 11.9. The fourth-order valence-electron chi connectivity index (χ4n) is 2.52. The molecule has 1 N–H and O–H groups in total. The highest BCUT2D eigenvalue weighted by Crippen LogP contribution is 2.07. The summed E-state index contributed by atoms with van der Waals surface area (Å²) in [7, 11) is 3.82. The molecular weight excluding hydrogens is 330 g/mol. The zero-order valence-corrected chi connectivity index (χ0v) is 16.1. The van der Waals surface area contributed by atoms with Gasteiger partial charge in [-0.05, 0) is 19.8 Å². The number of rotatable bonds is 6. The summed E-state index contributed by atoms with van der Waals surface area (Å²) in [5.41, 5.74) is 2.15. The van der Waals surface area contributed by atoms with Gasteiger partial charge in [0.15, 0.2) is 5.78 Å². The minimum absolute atomic E-state index is 0. The van der Waals surface area contributed by atoms with Crippen LogP contribution in [0.2, 0.25) is 0 Å². The van der Waals surface area contributed by atoms with Gasteiger partial charge >= 0.3 is 0 Å². The van der Waals surface area contributed by atoms with Gasteiger partial charge in [-0.25, -0.2) is 9.97 Å². The van der Waals surface area contributed by atoms with E-state index in [-0.39, 0.29) is 13.2 Å². The summed E-state index contributed by atoms with van der Waals surface area (Å²) in [5, 5.41) is 11.7. The van der Waals surface area contributed by atoms with Gasteiger partial charge in [0.1, 0.15) is 23.1 Å². The van der Waals surface area contributed by atoms with Crippen molar-refractivity contribution in [2.24, 2.45) is 19.3 Å². The zero-order chi connectivity index (χ0) is 19.0. The minimum Gasteiger partial charge on any atom is -0.411 e. The molecular formula is C19H33N5O2. The molecule has 0 aromatic carbocycles. The second-order valence-corrected chi connectivity index (χ2v) is 5.98. The average molecular weight is 364 g/mol. The maximum atomic E-state index is 11.0. The smallest absolute Gasteiger partial charge is 0.177 e. The van der Waals surface area contributed by atoms with Gasteiger partial charge < -0.3 is 14.3 Å². The molecule has 0 saturated heterocycles. The van der Waals surface area contributed by atoms with E-state index in [0.29, 0.717) is 11.4 Å². The molecule has 2 rings (SSSR count). The van der Waals surface area contributed by atoms with Crippen LogP contribution in [0.1, 0.15) is 75.8 Å². The molecule has 26 heavy (non-hydrogen) atoms. The van der Waals surface area contributed by atoms with Crippen molar-refractivity contribution in [2.45, 2.75) is 60.8 Å². The number of aryl methyl sites for hydroxylation is 2. The van der Waals surface area contributed by atoms with Gasteiger partial charge in [-0.3, -0.25) is 4.79 Å². The topological polar surface area (TPSA) is 85.3 Å². The first kappa shape index (κ1) is 23.6. The number of ketones is 1. The molecule has 2 heterocycles. The third-order valence-electron chi connectivity index (χ3n) is 4.00. The van der Waals surface area contributed by atoms with Crippen LogP contribution < -0.4 is 0 Å². The fraction of sp³-hybridized carbons (Fsp3) is 0.579. The lowest BCUT2D eigenvalue weighted by Gasteiger charge is -2.02. The van der Waals surface area contributed by atoms with Crippen LogP contribution in [0.15, 0.2) is 17.5 Å². The number of imidazole rings is 2. The van der Waals surface area contributed by atoms with Gasteiger partial charge in [0.05, 0.1) is 18.1 Å². The summed E-state index contributed by atoms with van der Waals surface area (Å²) in [5.74, 6) is 2.09. The molecule has 0 aliphatic rings. The summed E-state index contributed by atoms with van der Waals surface area (Å²) in [6.45, 7) is 7.53. The molecule has 0 radical (unpaired) electrons. The summed E-state index contributed by atoms with van der Waals surface area (Å²) in [6.07, 6.45) is 7.40. The van der Waals surface area contributed by atoms with Gasteiger partial charge in [0.2, 0.25) is 0 Å². The molecule has 2 aromatic heterocycles. The van der Waals surface area contributed by atoms with Crippen molar-refractivity contribution in [1.82, 2.24) is 19.1 Å². The Labute approximate surface area is 156 Å². The van der Waals surface area contributed by atoms with E-state index >= 15 is 0 Å². The molecule has 0 saturated carbocycles. The minimum atomic E-state index is 0. The average Bonchev–Trinajstić information content (AvgIpc) is 3.12. The number of hydrogen-bond donors (Lipinski definition) is 1. The first-order valence-electron chi connectivity index (χ1n) is 8.58. The lowest BCUT2D eigenvalue weighted by molar-refractivity contribution is 0.101. The molecule has 146 valence electrons. The highest BCUT2D eigenvalue weighted by molar-refractivity contribution is 5.96. The van der Waals surface area contributed by atoms with Gasteiger partial charge in [-0.15, -0.1) is 0 Å². The Bertz CT molecular complexity index is 728. The van der Waals surface area contributed by atoms with Crippen molar-refractivity contribution in [3.8, 4) is 0 Å². The standard InChI is InChI=1S/C9H15N3O.C9H14N2O.CH4/c1-4-5-9-10-6-8(12(9)3)7(2)11-13;1-4-5-9-10-6-8(7(2)12)11(9)3;/h6,13H,4-5H2,1-3H3;6H,4-5H2,1-3H3;1H4. The summed E-state index contributed by atoms with van der Waals surface area (Å²) >= 11 is 0. The van der Waals surface area contributed by atoms with Gasteiger partial charge in [0, 0.05) is 33.9 Å². The molecule has 0 aliphatic heterocycles. The number of nitrogens with zero attached hydrogens (tertiary/aromatic N) is 5. The van der Waals surface area contributed by atoms with Crippen LogP contribution in [0.5, 0.6) is 0 Å². The van der Waals surface area contributed by atoms with E-state index in [9.17, 15) is 4.79 Å². The molecule has 0 spiro atoms. The van der Waals surface area contributed by atoms with Crippen LogP contribution in [0, 0.1) is 0 Å². The number of carbonyl (C=O) groups is 1. The van der Waals surface area contributed by atoms with E-state index in [1.165, 1.54) is 0 Å². The van der Waals surface area contributed by atoms with E-state index in [1.807, 2.05) is 23.2 Å². The Morgan fingerprint density at radius 2 is 1.42 bits per heavy atom. The normalized spacial score (nSPS) is 10.8. The van der Waals surface area contributed by atoms with Gasteiger partial charge in [0.25, 0.3) is 0 Å². The van der Waals surface area contributed by atoms with Crippen molar-refractivity contribution in [3.63, 3.8) is 0 Å². The summed E-state index contributed by atoms with van der Waals surface area (Å²) < 4.78 is 3.82.